The average Bonchev–Trinajstić information content (AvgIpc) is 1.87. The summed E-state index contributed by atoms with van der Waals surface area (Å²) in [6, 6.07) is 0. The van der Waals surface area contributed by atoms with E-state index >= 15 is 0 Å². The molecule has 0 saturated carbocycles. The molecule has 1 N–H and O–H groups in total. The molecule has 1 atom stereocenters. The molecular weight excluding hydrogens is 138 g/mol. The molecular formula is C9H19NO. The summed E-state index contributed by atoms with van der Waals surface area (Å²) in [4.78, 5) is 10.9. The number of ketones is 1. The third kappa shape index (κ3) is 4.14. The maximum absolute atomic E-state index is 10.9. The lowest BCUT2D eigenvalue weighted by Crippen LogP contribution is -2.38. The first kappa shape index (κ1) is 10.6. The van der Waals surface area contributed by atoms with Gasteiger partial charge in [0.1, 0.15) is 5.78 Å². The van der Waals surface area contributed by atoms with Gasteiger partial charge in [0.15, 0.2) is 0 Å². The molecule has 0 amide bonds. The number of hydrogen-bond donors (Lipinski definition) is 1. The molecule has 0 aliphatic heterocycles. The third-order valence-electron chi connectivity index (χ3n) is 2.19. The van der Waals surface area contributed by atoms with E-state index in [1.54, 1.807) is 6.92 Å². The number of hydrogen-bond acceptors (Lipinski definition) is 2. The molecule has 1 unspecified atom stereocenters. The second kappa shape index (κ2) is 3.86. The van der Waals surface area contributed by atoms with Crippen molar-refractivity contribution >= 4 is 5.78 Å². The minimum atomic E-state index is 0.0745. The molecule has 2 heteroatoms. The van der Waals surface area contributed by atoms with Gasteiger partial charge in [0, 0.05) is 11.5 Å². The topological polar surface area (TPSA) is 29.1 Å². The summed E-state index contributed by atoms with van der Waals surface area (Å²) in [5, 5.41) is 3.17. The van der Waals surface area contributed by atoms with Crippen LogP contribution in [-0.2, 0) is 4.79 Å². The SMILES string of the molecule is CNC(C)(C)CC(C)C(C)=O. The maximum atomic E-state index is 10.9. The smallest absolute Gasteiger partial charge is 0.132 e. The highest BCUT2D eigenvalue weighted by Gasteiger charge is 2.20. The second-order valence-corrected chi connectivity index (χ2v) is 3.85. The van der Waals surface area contributed by atoms with E-state index < -0.39 is 0 Å². The molecule has 0 rings (SSSR count). The molecule has 0 fully saturated rings. The number of carbonyl (C=O) groups is 1. The van der Waals surface area contributed by atoms with E-state index in [4.69, 9.17) is 0 Å². The van der Waals surface area contributed by atoms with Crippen molar-refractivity contribution in [2.45, 2.75) is 39.7 Å². The predicted octanol–water partition coefficient (Wildman–Crippen LogP) is 1.60. The number of Topliss-reactive ketones (excluding diaryl/α,β-unsaturated/α-hetero) is 1. The predicted molar refractivity (Wildman–Crippen MR) is 47.6 cm³/mol. The van der Waals surface area contributed by atoms with Crippen LogP contribution < -0.4 is 5.32 Å². The van der Waals surface area contributed by atoms with Gasteiger partial charge in [-0.25, -0.2) is 0 Å². The molecule has 0 aromatic rings. The van der Waals surface area contributed by atoms with E-state index in [0.717, 1.165) is 6.42 Å². The fraction of sp³-hybridized carbons (Fsp3) is 0.889. The van der Waals surface area contributed by atoms with Crippen LogP contribution >= 0.6 is 0 Å². The van der Waals surface area contributed by atoms with Crippen molar-refractivity contribution in [2.24, 2.45) is 5.92 Å². The van der Waals surface area contributed by atoms with Gasteiger partial charge < -0.3 is 5.32 Å². The van der Waals surface area contributed by atoms with Crippen LogP contribution in [0.25, 0.3) is 0 Å². The first-order chi connectivity index (χ1) is 4.89. The Morgan fingerprint density at radius 1 is 1.55 bits per heavy atom. The molecule has 2 nitrogen and oxygen atoms in total. The summed E-state index contributed by atoms with van der Waals surface area (Å²) in [6.07, 6.45) is 0.902. The van der Waals surface area contributed by atoms with E-state index in [-0.39, 0.29) is 17.2 Å². The average molecular weight is 157 g/mol. The van der Waals surface area contributed by atoms with Crippen LogP contribution in [0.1, 0.15) is 34.1 Å². The summed E-state index contributed by atoms with van der Waals surface area (Å²) < 4.78 is 0. The van der Waals surface area contributed by atoms with E-state index in [1.165, 1.54) is 0 Å². The van der Waals surface area contributed by atoms with Crippen LogP contribution in [0.15, 0.2) is 0 Å². The molecule has 0 heterocycles. The van der Waals surface area contributed by atoms with Crippen molar-refractivity contribution in [1.29, 1.82) is 0 Å². The zero-order valence-corrected chi connectivity index (χ0v) is 8.19. The molecule has 0 aromatic carbocycles. The van der Waals surface area contributed by atoms with Crippen LogP contribution in [-0.4, -0.2) is 18.4 Å². The fourth-order valence-corrected chi connectivity index (χ4v) is 1.01. The molecule has 0 radical (unpaired) electrons. The summed E-state index contributed by atoms with van der Waals surface area (Å²) in [7, 11) is 1.92. The Hall–Kier alpha value is -0.370. The lowest BCUT2D eigenvalue weighted by molar-refractivity contribution is -0.120. The Kier molecular flexibility index (Phi) is 3.73. The molecule has 0 bridgehead atoms. The zero-order chi connectivity index (χ0) is 9.07. The van der Waals surface area contributed by atoms with Gasteiger partial charge in [0.25, 0.3) is 0 Å². The molecule has 0 aromatic heterocycles. The number of carbonyl (C=O) groups excluding carboxylic acids is 1. The lowest BCUT2D eigenvalue weighted by Gasteiger charge is -2.26. The Bertz CT molecular complexity index is 140. The first-order valence-electron chi connectivity index (χ1n) is 4.08. The lowest BCUT2D eigenvalue weighted by atomic mass is 9.90. The zero-order valence-electron chi connectivity index (χ0n) is 8.19. The van der Waals surface area contributed by atoms with Crippen LogP contribution in [0.4, 0.5) is 0 Å². The van der Waals surface area contributed by atoms with E-state index in [9.17, 15) is 4.79 Å². The van der Waals surface area contributed by atoms with Crippen LogP contribution in [0.3, 0.4) is 0 Å². The van der Waals surface area contributed by atoms with E-state index in [2.05, 4.69) is 19.2 Å². The van der Waals surface area contributed by atoms with Crippen molar-refractivity contribution in [3.8, 4) is 0 Å². The molecule has 0 spiro atoms. The minimum Gasteiger partial charge on any atom is -0.315 e. The summed E-state index contributed by atoms with van der Waals surface area (Å²) in [5.74, 6) is 0.436. The summed E-state index contributed by atoms with van der Waals surface area (Å²) >= 11 is 0. The van der Waals surface area contributed by atoms with Gasteiger partial charge in [-0.1, -0.05) is 6.92 Å². The van der Waals surface area contributed by atoms with Gasteiger partial charge in [-0.3, -0.25) is 4.79 Å². The standard InChI is InChI=1S/C9H19NO/c1-7(8(2)11)6-9(3,4)10-5/h7,10H,6H2,1-5H3. The minimum absolute atomic E-state index is 0.0745. The van der Waals surface area contributed by atoms with Gasteiger partial charge >= 0.3 is 0 Å². The Morgan fingerprint density at radius 2 is 2.00 bits per heavy atom. The van der Waals surface area contributed by atoms with Crippen LogP contribution in [0.2, 0.25) is 0 Å². The highest BCUT2D eigenvalue weighted by Crippen LogP contribution is 2.15. The molecule has 0 aliphatic carbocycles. The highest BCUT2D eigenvalue weighted by molar-refractivity contribution is 5.77. The fourth-order valence-electron chi connectivity index (χ4n) is 1.01. The largest absolute Gasteiger partial charge is 0.315 e. The van der Waals surface area contributed by atoms with Crippen molar-refractivity contribution in [1.82, 2.24) is 5.32 Å². The maximum Gasteiger partial charge on any atom is 0.132 e. The van der Waals surface area contributed by atoms with Gasteiger partial charge in [0.05, 0.1) is 0 Å². The first-order valence-corrected chi connectivity index (χ1v) is 4.08. The molecule has 66 valence electrons. The number of rotatable bonds is 4. The summed E-state index contributed by atoms with van der Waals surface area (Å²) in [6.45, 7) is 7.83. The van der Waals surface area contributed by atoms with Gasteiger partial charge in [0.2, 0.25) is 0 Å². The highest BCUT2D eigenvalue weighted by atomic mass is 16.1. The number of nitrogens with one attached hydrogen (secondary N) is 1. The molecule has 0 saturated heterocycles. The summed E-state index contributed by atoms with van der Waals surface area (Å²) in [5.41, 5.74) is 0.0745. The monoisotopic (exact) mass is 157 g/mol. The van der Waals surface area contributed by atoms with Crippen molar-refractivity contribution in [3.63, 3.8) is 0 Å². The van der Waals surface area contributed by atoms with Crippen LogP contribution in [0.5, 0.6) is 0 Å². The van der Waals surface area contributed by atoms with Crippen LogP contribution in [0, 0.1) is 5.92 Å². The van der Waals surface area contributed by atoms with Crippen molar-refractivity contribution < 1.29 is 4.79 Å². The van der Waals surface area contributed by atoms with Gasteiger partial charge in [-0.15, -0.1) is 0 Å². The van der Waals surface area contributed by atoms with Crippen molar-refractivity contribution in [3.05, 3.63) is 0 Å². The van der Waals surface area contributed by atoms with E-state index in [0.29, 0.717) is 0 Å². The van der Waals surface area contributed by atoms with Crippen molar-refractivity contribution in [2.75, 3.05) is 7.05 Å². The van der Waals surface area contributed by atoms with Gasteiger partial charge in [-0.2, -0.15) is 0 Å². The Labute approximate surface area is 69.4 Å². The second-order valence-electron chi connectivity index (χ2n) is 3.85. The van der Waals surface area contributed by atoms with E-state index in [1.807, 2.05) is 14.0 Å². The quantitative estimate of drug-likeness (QED) is 0.671. The molecule has 0 aliphatic rings. The Morgan fingerprint density at radius 3 is 2.27 bits per heavy atom. The van der Waals surface area contributed by atoms with Gasteiger partial charge in [-0.05, 0) is 34.2 Å². The molecule has 11 heavy (non-hydrogen) atoms. The third-order valence-corrected chi connectivity index (χ3v) is 2.19. The Balaban J connectivity index is 3.93. The normalized spacial score (nSPS) is 14.6.